The maximum atomic E-state index is 13.8. The Labute approximate surface area is 137 Å². The average Bonchev–Trinajstić information content (AvgIpc) is 2.43. The van der Waals surface area contributed by atoms with Crippen LogP contribution >= 0.6 is 23.2 Å². The number of hydrogen-bond acceptors (Lipinski definition) is 2. The molecule has 23 heavy (non-hydrogen) atoms. The molecule has 122 valence electrons. The number of alkyl halides is 3. The number of hydrogen-bond donors (Lipinski definition) is 1. The highest BCUT2D eigenvalue weighted by molar-refractivity contribution is 6.34. The third kappa shape index (κ3) is 3.86. The van der Waals surface area contributed by atoms with Crippen molar-refractivity contribution < 1.29 is 27.1 Å². The van der Waals surface area contributed by atoms with Gasteiger partial charge in [-0.15, -0.1) is 0 Å². The van der Waals surface area contributed by atoms with E-state index in [9.17, 15) is 22.4 Å². The minimum atomic E-state index is -4.75. The molecule has 0 fully saturated rings. The van der Waals surface area contributed by atoms with Crippen molar-refractivity contribution in [2.75, 3.05) is 0 Å². The Balaban J connectivity index is 2.42. The Morgan fingerprint density at radius 3 is 2.26 bits per heavy atom. The Kier molecular flexibility index (Phi) is 4.72. The molecule has 0 aliphatic rings. The van der Waals surface area contributed by atoms with Crippen LogP contribution < -0.4 is 10.5 Å². The summed E-state index contributed by atoms with van der Waals surface area (Å²) in [5, 5.41) is -0.531. The van der Waals surface area contributed by atoms with E-state index in [0.717, 1.165) is 6.07 Å². The van der Waals surface area contributed by atoms with Gasteiger partial charge in [0.15, 0.2) is 11.6 Å². The van der Waals surface area contributed by atoms with Crippen LogP contribution in [0.5, 0.6) is 11.5 Å². The van der Waals surface area contributed by atoms with Gasteiger partial charge in [0.05, 0.1) is 21.2 Å². The van der Waals surface area contributed by atoms with Crippen LogP contribution in [0.1, 0.15) is 15.9 Å². The maximum Gasteiger partial charge on any atom is 0.416 e. The molecule has 0 aliphatic heterocycles. The fraction of sp³-hybridized carbons (Fsp3) is 0.0714. The van der Waals surface area contributed by atoms with E-state index in [1.165, 1.54) is 12.1 Å². The van der Waals surface area contributed by atoms with Gasteiger partial charge in [0, 0.05) is 0 Å². The molecule has 0 atom stereocenters. The molecule has 0 aliphatic carbocycles. The molecule has 0 bridgehead atoms. The second-order valence-electron chi connectivity index (χ2n) is 4.37. The van der Waals surface area contributed by atoms with Crippen molar-refractivity contribution in [2.24, 2.45) is 5.73 Å². The SMILES string of the molecule is NC(=O)c1cc(Oc2c(F)cc(C(F)(F)F)cc2Cl)ccc1Cl. The Bertz CT molecular complexity index is 755. The highest BCUT2D eigenvalue weighted by atomic mass is 35.5. The van der Waals surface area contributed by atoms with Crippen LogP contribution in [-0.4, -0.2) is 5.91 Å². The molecule has 0 aromatic heterocycles. The van der Waals surface area contributed by atoms with Crippen LogP contribution in [0.25, 0.3) is 0 Å². The number of amides is 1. The number of carbonyl (C=O) groups excluding carboxylic acids is 1. The molecule has 2 aromatic rings. The van der Waals surface area contributed by atoms with Crippen molar-refractivity contribution >= 4 is 29.1 Å². The molecule has 2 rings (SSSR count). The maximum absolute atomic E-state index is 13.8. The first kappa shape index (κ1) is 17.4. The van der Waals surface area contributed by atoms with Crippen LogP contribution in [0.2, 0.25) is 10.0 Å². The van der Waals surface area contributed by atoms with E-state index < -0.39 is 34.2 Å². The molecule has 3 nitrogen and oxygen atoms in total. The molecule has 2 N–H and O–H groups in total. The van der Waals surface area contributed by atoms with Crippen molar-refractivity contribution in [3.63, 3.8) is 0 Å². The van der Waals surface area contributed by atoms with Crippen molar-refractivity contribution in [2.45, 2.75) is 6.18 Å². The number of primary amides is 1. The lowest BCUT2D eigenvalue weighted by Crippen LogP contribution is -2.11. The lowest BCUT2D eigenvalue weighted by atomic mass is 10.2. The second kappa shape index (κ2) is 6.25. The van der Waals surface area contributed by atoms with E-state index >= 15 is 0 Å². The van der Waals surface area contributed by atoms with E-state index in [2.05, 4.69) is 0 Å². The van der Waals surface area contributed by atoms with Crippen molar-refractivity contribution in [3.05, 3.63) is 57.3 Å². The van der Waals surface area contributed by atoms with Crippen LogP contribution in [0.15, 0.2) is 30.3 Å². The van der Waals surface area contributed by atoms with Crippen LogP contribution in [0.3, 0.4) is 0 Å². The topological polar surface area (TPSA) is 52.3 Å². The summed E-state index contributed by atoms with van der Waals surface area (Å²) in [4.78, 5) is 11.2. The minimum absolute atomic E-state index is 0.0452. The predicted octanol–water partition coefficient (Wildman–Crippen LogP) is 5.04. The zero-order valence-electron chi connectivity index (χ0n) is 11.0. The molecule has 2 aromatic carbocycles. The smallest absolute Gasteiger partial charge is 0.416 e. The summed E-state index contributed by atoms with van der Waals surface area (Å²) < 4.78 is 56.6. The van der Waals surface area contributed by atoms with Gasteiger partial charge in [0.2, 0.25) is 5.91 Å². The fourth-order valence-electron chi connectivity index (χ4n) is 1.70. The van der Waals surface area contributed by atoms with Crippen molar-refractivity contribution in [1.82, 2.24) is 0 Å². The minimum Gasteiger partial charge on any atom is -0.453 e. The van der Waals surface area contributed by atoms with Gasteiger partial charge < -0.3 is 10.5 Å². The van der Waals surface area contributed by atoms with Gasteiger partial charge in [-0.25, -0.2) is 4.39 Å². The van der Waals surface area contributed by atoms with Crippen LogP contribution in [0, 0.1) is 5.82 Å². The summed E-state index contributed by atoms with van der Waals surface area (Å²) >= 11 is 11.4. The molecule has 0 saturated heterocycles. The molecule has 9 heteroatoms. The molecular formula is C14H7Cl2F4NO2. The lowest BCUT2D eigenvalue weighted by molar-refractivity contribution is -0.137. The van der Waals surface area contributed by atoms with Gasteiger partial charge >= 0.3 is 6.18 Å². The summed E-state index contributed by atoms with van der Waals surface area (Å²) in [6, 6.07) is 4.46. The molecule has 0 saturated carbocycles. The van der Waals surface area contributed by atoms with E-state index in [1.807, 2.05) is 0 Å². The van der Waals surface area contributed by atoms with Gasteiger partial charge in [0.25, 0.3) is 0 Å². The molecule has 0 heterocycles. The number of ether oxygens (including phenoxy) is 1. The zero-order valence-corrected chi connectivity index (χ0v) is 12.6. The zero-order chi connectivity index (χ0) is 17.4. The van der Waals surface area contributed by atoms with E-state index in [0.29, 0.717) is 6.07 Å². The highest BCUT2D eigenvalue weighted by Crippen LogP contribution is 2.39. The van der Waals surface area contributed by atoms with Gasteiger partial charge in [-0.1, -0.05) is 23.2 Å². The van der Waals surface area contributed by atoms with Crippen LogP contribution in [0.4, 0.5) is 17.6 Å². The third-order valence-electron chi connectivity index (χ3n) is 2.75. The van der Waals surface area contributed by atoms with Gasteiger partial charge in [-0.05, 0) is 30.3 Å². The molecule has 0 unspecified atom stereocenters. The number of nitrogens with two attached hydrogens (primary N) is 1. The van der Waals surface area contributed by atoms with Crippen molar-refractivity contribution in [3.8, 4) is 11.5 Å². The summed E-state index contributed by atoms with van der Waals surface area (Å²) in [6.45, 7) is 0. The van der Waals surface area contributed by atoms with E-state index in [-0.39, 0.29) is 22.4 Å². The number of carbonyl (C=O) groups is 1. The summed E-state index contributed by atoms with van der Waals surface area (Å²) in [7, 11) is 0. The molecule has 0 radical (unpaired) electrons. The fourth-order valence-corrected chi connectivity index (χ4v) is 2.15. The number of benzene rings is 2. The molecular weight excluding hydrogens is 361 g/mol. The first-order valence-electron chi connectivity index (χ1n) is 5.93. The first-order chi connectivity index (χ1) is 10.6. The van der Waals surface area contributed by atoms with Crippen molar-refractivity contribution in [1.29, 1.82) is 0 Å². The van der Waals surface area contributed by atoms with Gasteiger partial charge in [-0.2, -0.15) is 13.2 Å². The normalized spacial score (nSPS) is 11.4. The highest BCUT2D eigenvalue weighted by Gasteiger charge is 2.32. The lowest BCUT2D eigenvalue weighted by Gasteiger charge is -2.13. The first-order valence-corrected chi connectivity index (χ1v) is 6.68. The number of rotatable bonds is 3. The summed E-state index contributed by atoms with van der Waals surface area (Å²) in [5.41, 5.74) is 3.76. The quantitative estimate of drug-likeness (QED) is 0.772. The summed E-state index contributed by atoms with van der Waals surface area (Å²) in [6.07, 6.45) is -4.75. The average molecular weight is 368 g/mol. The molecule has 0 spiro atoms. The second-order valence-corrected chi connectivity index (χ2v) is 5.19. The monoisotopic (exact) mass is 367 g/mol. The Morgan fingerprint density at radius 2 is 1.74 bits per heavy atom. The number of halogens is 6. The summed E-state index contributed by atoms with van der Waals surface area (Å²) in [5.74, 6) is -2.83. The Morgan fingerprint density at radius 1 is 1.09 bits per heavy atom. The predicted molar refractivity (Wildman–Crippen MR) is 76.5 cm³/mol. The van der Waals surface area contributed by atoms with E-state index in [4.69, 9.17) is 33.7 Å². The Hall–Kier alpha value is -1.99. The van der Waals surface area contributed by atoms with Gasteiger partial charge in [0.1, 0.15) is 5.75 Å². The largest absolute Gasteiger partial charge is 0.453 e. The van der Waals surface area contributed by atoms with E-state index in [1.54, 1.807) is 0 Å². The standard InChI is InChI=1S/C14H7Cl2F4NO2/c15-9-2-1-7(5-8(9)13(21)22)23-12-10(16)3-6(4-11(12)17)14(18,19)20/h1-5H,(H2,21,22). The van der Waals surface area contributed by atoms with Crippen LogP contribution in [-0.2, 0) is 6.18 Å². The molecule has 1 amide bonds. The third-order valence-corrected chi connectivity index (χ3v) is 3.36. The van der Waals surface area contributed by atoms with Gasteiger partial charge in [-0.3, -0.25) is 4.79 Å².